The first kappa shape index (κ1) is 16.5. The average Bonchev–Trinajstić information content (AvgIpc) is 2.41. The van der Waals surface area contributed by atoms with Crippen molar-refractivity contribution in [2.75, 3.05) is 11.9 Å². The number of pyridine rings is 1. The van der Waals surface area contributed by atoms with Crippen LogP contribution >= 0.6 is 0 Å². The lowest BCUT2D eigenvalue weighted by Crippen LogP contribution is -2.38. The molecule has 0 fully saturated rings. The van der Waals surface area contributed by atoms with Crippen LogP contribution in [0, 0.1) is 12.8 Å². The molecule has 20 heavy (non-hydrogen) atoms. The highest BCUT2D eigenvalue weighted by Crippen LogP contribution is 2.12. The lowest BCUT2D eigenvalue weighted by Gasteiger charge is -2.21. The Balaban J connectivity index is 2.84. The Morgan fingerprint density at radius 1 is 1.30 bits per heavy atom. The lowest BCUT2D eigenvalue weighted by atomic mass is 10.0. The summed E-state index contributed by atoms with van der Waals surface area (Å²) >= 11 is 0. The van der Waals surface area contributed by atoms with Gasteiger partial charge in [0.15, 0.2) is 0 Å². The maximum atomic E-state index is 12.3. The zero-order valence-corrected chi connectivity index (χ0v) is 13.3. The average molecular weight is 277 g/mol. The Morgan fingerprint density at radius 3 is 2.55 bits per heavy atom. The number of nitrogens with zero attached hydrogens (tertiary/aromatic N) is 1. The molecule has 1 aromatic rings. The van der Waals surface area contributed by atoms with Crippen LogP contribution < -0.4 is 10.6 Å². The molecule has 0 aliphatic carbocycles. The predicted octanol–water partition coefficient (Wildman–Crippen LogP) is 3.38. The molecule has 0 aliphatic rings. The second-order valence-electron chi connectivity index (χ2n) is 5.54. The SMILES string of the molecule is CCCNc1cc(C(=O)NC(CC)C(C)C)cc(C)n1. The van der Waals surface area contributed by atoms with E-state index in [4.69, 9.17) is 0 Å². The van der Waals surface area contributed by atoms with Gasteiger partial charge < -0.3 is 10.6 Å². The summed E-state index contributed by atoms with van der Waals surface area (Å²) in [4.78, 5) is 16.7. The summed E-state index contributed by atoms with van der Waals surface area (Å²) in [6.45, 7) is 11.2. The van der Waals surface area contributed by atoms with Crippen LogP contribution in [0.4, 0.5) is 5.82 Å². The van der Waals surface area contributed by atoms with Crippen LogP contribution in [0.3, 0.4) is 0 Å². The van der Waals surface area contributed by atoms with Gasteiger partial charge in [0.25, 0.3) is 5.91 Å². The van der Waals surface area contributed by atoms with E-state index in [9.17, 15) is 4.79 Å². The van der Waals surface area contributed by atoms with Crippen molar-refractivity contribution in [3.05, 3.63) is 23.4 Å². The molecule has 1 unspecified atom stereocenters. The number of carbonyl (C=O) groups excluding carboxylic acids is 1. The minimum atomic E-state index is -0.0180. The fourth-order valence-electron chi connectivity index (χ4n) is 2.14. The number of aryl methyl sites for hydroxylation is 1. The molecule has 1 aromatic heterocycles. The molecule has 4 heteroatoms. The van der Waals surface area contributed by atoms with Crippen LogP contribution in [-0.4, -0.2) is 23.5 Å². The molecule has 112 valence electrons. The maximum absolute atomic E-state index is 12.3. The van der Waals surface area contributed by atoms with Gasteiger partial charge in [-0.05, 0) is 37.8 Å². The van der Waals surface area contributed by atoms with Crippen molar-refractivity contribution < 1.29 is 4.79 Å². The number of anilines is 1. The number of carbonyl (C=O) groups is 1. The minimum Gasteiger partial charge on any atom is -0.370 e. The number of hydrogen-bond donors (Lipinski definition) is 2. The number of aromatic nitrogens is 1. The van der Waals surface area contributed by atoms with Crippen LogP contribution in [0.1, 0.15) is 56.6 Å². The summed E-state index contributed by atoms with van der Waals surface area (Å²) in [6.07, 6.45) is 1.97. The molecule has 0 spiro atoms. The third-order valence-electron chi connectivity index (χ3n) is 3.33. The van der Waals surface area contributed by atoms with Crippen LogP contribution in [-0.2, 0) is 0 Å². The summed E-state index contributed by atoms with van der Waals surface area (Å²) in [5, 5.41) is 6.33. The van der Waals surface area contributed by atoms with Crippen molar-refractivity contribution in [1.82, 2.24) is 10.3 Å². The third-order valence-corrected chi connectivity index (χ3v) is 3.33. The van der Waals surface area contributed by atoms with Crippen LogP contribution in [0.25, 0.3) is 0 Å². The van der Waals surface area contributed by atoms with Gasteiger partial charge in [0.2, 0.25) is 0 Å². The molecule has 1 heterocycles. The number of rotatable bonds is 7. The highest BCUT2D eigenvalue weighted by atomic mass is 16.1. The van der Waals surface area contributed by atoms with Gasteiger partial charge in [0.05, 0.1) is 0 Å². The monoisotopic (exact) mass is 277 g/mol. The zero-order chi connectivity index (χ0) is 15.1. The number of amides is 1. The van der Waals surface area contributed by atoms with Crippen molar-refractivity contribution in [3.8, 4) is 0 Å². The van der Waals surface area contributed by atoms with Gasteiger partial charge in [-0.1, -0.05) is 27.7 Å². The molecule has 1 atom stereocenters. The van der Waals surface area contributed by atoms with Gasteiger partial charge in [-0.15, -0.1) is 0 Å². The summed E-state index contributed by atoms with van der Waals surface area (Å²) in [5.41, 5.74) is 1.53. The Morgan fingerprint density at radius 2 is 2.00 bits per heavy atom. The van der Waals surface area contributed by atoms with Gasteiger partial charge in [-0.3, -0.25) is 4.79 Å². The molecule has 0 aromatic carbocycles. The van der Waals surface area contributed by atoms with E-state index >= 15 is 0 Å². The summed E-state index contributed by atoms with van der Waals surface area (Å²) in [7, 11) is 0. The Hall–Kier alpha value is -1.58. The summed E-state index contributed by atoms with van der Waals surface area (Å²) < 4.78 is 0. The molecular weight excluding hydrogens is 250 g/mol. The van der Waals surface area contributed by atoms with Gasteiger partial charge in [-0.2, -0.15) is 0 Å². The van der Waals surface area contributed by atoms with E-state index in [0.29, 0.717) is 11.5 Å². The first-order chi connectivity index (χ1) is 9.47. The molecule has 1 rings (SSSR count). The fraction of sp³-hybridized carbons (Fsp3) is 0.625. The molecule has 0 bridgehead atoms. The normalized spacial score (nSPS) is 12.3. The highest BCUT2D eigenvalue weighted by molar-refractivity contribution is 5.95. The lowest BCUT2D eigenvalue weighted by molar-refractivity contribution is 0.0924. The Bertz CT molecular complexity index is 443. The van der Waals surface area contributed by atoms with Crippen LogP contribution in [0.2, 0.25) is 0 Å². The summed E-state index contributed by atoms with van der Waals surface area (Å²) in [6, 6.07) is 3.87. The smallest absolute Gasteiger partial charge is 0.251 e. The maximum Gasteiger partial charge on any atom is 0.251 e. The Kier molecular flexibility index (Phi) is 6.49. The van der Waals surface area contributed by atoms with Crippen molar-refractivity contribution >= 4 is 11.7 Å². The first-order valence-electron chi connectivity index (χ1n) is 7.51. The van der Waals surface area contributed by atoms with Crippen molar-refractivity contribution in [2.24, 2.45) is 5.92 Å². The zero-order valence-electron chi connectivity index (χ0n) is 13.3. The van der Waals surface area contributed by atoms with E-state index in [2.05, 4.69) is 43.3 Å². The van der Waals surface area contributed by atoms with Gasteiger partial charge in [-0.25, -0.2) is 4.98 Å². The molecular formula is C16H27N3O. The van der Waals surface area contributed by atoms with Crippen LogP contribution in [0.15, 0.2) is 12.1 Å². The van der Waals surface area contributed by atoms with Crippen molar-refractivity contribution in [1.29, 1.82) is 0 Å². The van der Waals surface area contributed by atoms with E-state index in [1.807, 2.05) is 19.1 Å². The predicted molar refractivity (Wildman–Crippen MR) is 84.1 cm³/mol. The van der Waals surface area contributed by atoms with Gasteiger partial charge in [0.1, 0.15) is 5.82 Å². The van der Waals surface area contributed by atoms with Crippen molar-refractivity contribution in [3.63, 3.8) is 0 Å². The molecule has 2 N–H and O–H groups in total. The third kappa shape index (κ3) is 4.83. The second kappa shape index (κ2) is 7.88. The number of hydrogen-bond acceptors (Lipinski definition) is 3. The standard InChI is InChI=1S/C16H27N3O/c1-6-8-17-15-10-13(9-12(5)18-15)16(20)19-14(7-2)11(3)4/h9-11,14H,6-8H2,1-5H3,(H,17,18)(H,19,20). The Labute approximate surface area is 122 Å². The molecule has 0 saturated carbocycles. The molecule has 0 radical (unpaired) electrons. The molecule has 0 saturated heterocycles. The first-order valence-corrected chi connectivity index (χ1v) is 7.51. The summed E-state index contributed by atoms with van der Waals surface area (Å²) in [5.74, 6) is 1.19. The fourth-order valence-corrected chi connectivity index (χ4v) is 2.14. The largest absolute Gasteiger partial charge is 0.370 e. The van der Waals surface area contributed by atoms with E-state index < -0.39 is 0 Å². The van der Waals surface area contributed by atoms with E-state index in [0.717, 1.165) is 30.9 Å². The highest BCUT2D eigenvalue weighted by Gasteiger charge is 2.16. The molecule has 0 aliphatic heterocycles. The van der Waals surface area contributed by atoms with E-state index in [-0.39, 0.29) is 11.9 Å². The van der Waals surface area contributed by atoms with Gasteiger partial charge in [0, 0.05) is 23.8 Å². The van der Waals surface area contributed by atoms with E-state index in [1.54, 1.807) is 0 Å². The minimum absolute atomic E-state index is 0.0180. The molecule has 1 amide bonds. The molecule has 4 nitrogen and oxygen atoms in total. The quantitative estimate of drug-likeness (QED) is 0.803. The topological polar surface area (TPSA) is 54.0 Å². The van der Waals surface area contributed by atoms with E-state index in [1.165, 1.54) is 0 Å². The van der Waals surface area contributed by atoms with Gasteiger partial charge >= 0.3 is 0 Å². The second-order valence-corrected chi connectivity index (χ2v) is 5.54. The number of nitrogens with one attached hydrogen (secondary N) is 2. The van der Waals surface area contributed by atoms with Crippen molar-refractivity contribution in [2.45, 2.75) is 53.5 Å². The van der Waals surface area contributed by atoms with Crippen LogP contribution in [0.5, 0.6) is 0 Å².